The molecule has 0 aliphatic carbocycles. The minimum absolute atomic E-state index is 0.165. The van der Waals surface area contributed by atoms with Gasteiger partial charge in [0.25, 0.3) is 5.91 Å². The summed E-state index contributed by atoms with van der Waals surface area (Å²) in [6, 6.07) is 12.2. The van der Waals surface area contributed by atoms with Crippen molar-refractivity contribution >= 4 is 40.2 Å². The summed E-state index contributed by atoms with van der Waals surface area (Å²) in [7, 11) is 0. The molecule has 1 aromatic heterocycles. The zero-order valence-corrected chi connectivity index (χ0v) is 20.9. The lowest BCUT2D eigenvalue weighted by Crippen LogP contribution is -2.53. The maximum absolute atomic E-state index is 12.9. The van der Waals surface area contributed by atoms with Crippen molar-refractivity contribution in [2.75, 3.05) is 6.61 Å². The van der Waals surface area contributed by atoms with E-state index in [1.54, 1.807) is 26.0 Å². The van der Waals surface area contributed by atoms with Gasteiger partial charge in [0.05, 0.1) is 6.61 Å². The third kappa shape index (κ3) is 7.48. The second kappa shape index (κ2) is 12.3. The van der Waals surface area contributed by atoms with Gasteiger partial charge in [0.2, 0.25) is 11.8 Å². The fraction of sp³-hybridized carbons (Fsp3) is 0.346. The van der Waals surface area contributed by atoms with Crippen LogP contribution in [0, 0.1) is 12.8 Å². The van der Waals surface area contributed by atoms with Crippen LogP contribution < -0.4 is 20.9 Å². The van der Waals surface area contributed by atoms with Gasteiger partial charge in [-0.25, -0.2) is 0 Å². The summed E-state index contributed by atoms with van der Waals surface area (Å²) in [5.41, 5.74) is 7.63. The first-order valence-corrected chi connectivity index (χ1v) is 12.0. The third-order valence-corrected chi connectivity index (χ3v) is 5.76. The van der Waals surface area contributed by atoms with Crippen molar-refractivity contribution in [2.45, 2.75) is 46.1 Å². The number of rotatable bonds is 10. The number of aryl methyl sites for hydroxylation is 1. The van der Waals surface area contributed by atoms with Gasteiger partial charge in [-0.05, 0) is 48.7 Å². The van der Waals surface area contributed by atoms with Gasteiger partial charge in [0.1, 0.15) is 11.8 Å². The molecule has 35 heavy (non-hydrogen) atoms. The monoisotopic (exact) mass is 498 g/mol. The van der Waals surface area contributed by atoms with Gasteiger partial charge in [-0.2, -0.15) is 0 Å². The van der Waals surface area contributed by atoms with Gasteiger partial charge in [0.15, 0.2) is 0 Å². The summed E-state index contributed by atoms with van der Waals surface area (Å²) in [5, 5.41) is 4.39. The summed E-state index contributed by atoms with van der Waals surface area (Å²) in [5.74, 6) is -0.663. The number of aromatic nitrogens is 1. The number of H-pyrrole nitrogens is 1. The molecule has 8 nitrogen and oxygen atoms in total. The van der Waals surface area contributed by atoms with Crippen molar-refractivity contribution in [2.24, 2.45) is 5.92 Å². The molecule has 2 aromatic carbocycles. The molecule has 9 heteroatoms. The smallest absolute Gasteiger partial charge is 0.261 e. The molecule has 3 rings (SSSR count). The van der Waals surface area contributed by atoms with Crippen LogP contribution in [0.5, 0.6) is 5.75 Å². The Kier molecular flexibility index (Phi) is 9.14. The molecule has 0 radical (unpaired) electrons. The van der Waals surface area contributed by atoms with Crippen molar-refractivity contribution in [3.8, 4) is 5.75 Å². The summed E-state index contributed by atoms with van der Waals surface area (Å²) < 4.78 is 5.69. The maximum atomic E-state index is 12.9. The molecule has 0 spiro atoms. The minimum atomic E-state index is -0.847. The number of halogens is 1. The lowest BCUT2D eigenvalue weighted by Gasteiger charge is -2.20. The fourth-order valence-electron chi connectivity index (χ4n) is 3.54. The highest BCUT2D eigenvalue weighted by molar-refractivity contribution is 6.30. The molecule has 3 amide bonds. The molecule has 0 aliphatic heterocycles. The molecule has 0 fully saturated rings. The normalized spacial score (nSPS) is 11.8. The molecule has 0 bridgehead atoms. The molecule has 1 heterocycles. The van der Waals surface area contributed by atoms with Crippen LogP contribution in [0.25, 0.3) is 10.9 Å². The third-order valence-electron chi connectivity index (χ3n) is 5.52. The highest BCUT2D eigenvalue weighted by atomic mass is 35.5. The molecule has 0 saturated carbocycles. The summed E-state index contributed by atoms with van der Waals surface area (Å²) in [4.78, 5) is 40.6. The van der Waals surface area contributed by atoms with Crippen molar-refractivity contribution in [1.29, 1.82) is 0 Å². The number of carbonyl (C=O) groups excluding carboxylic acids is 3. The van der Waals surface area contributed by atoms with E-state index in [1.807, 2.05) is 43.5 Å². The maximum Gasteiger partial charge on any atom is 0.261 e. The highest BCUT2D eigenvalue weighted by Crippen LogP contribution is 2.22. The molecule has 186 valence electrons. The van der Waals surface area contributed by atoms with Crippen LogP contribution in [0.2, 0.25) is 5.02 Å². The van der Waals surface area contributed by atoms with Crippen LogP contribution in [0.1, 0.15) is 37.8 Å². The van der Waals surface area contributed by atoms with Crippen molar-refractivity contribution in [1.82, 2.24) is 21.2 Å². The number of fused-ring (bicyclic) bond motifs is 1. The van der Waals surface area contributed by atoms with Gasteiger partial charge in [-0.3, -0.25) is 25.2 Å². The van der Waals surface area contributed by atoms with Crippen LogP contribution in [0.3, 0.4) is 0 Å². The Balaban J connectivity index is 1.51. The van der Waals surface area contributed by atoms with Crippen molar-refractivity contribution < 1.29 is 19.1 Å². The predicted octanol–water partition coefficient (Wildman–Crippen LogP) is 3.82. The number of aromatic amines is 1. The quantitative estimate of drug-likeness (QED) is 0.251. The summed E-state index contributed by atoms with van der Waals surface area (Å²) in [6.45, 7) is 5.75. The molecule has 3 aromatic rings. The Hall–Kier alpha value is -3.52. The molecule has 4 N–H and O–H groups in total. The van der Waals surface area contributed by atoms with Gasteiger partial charge >= 0.3 is 0 Å². The Bertz CT molecular complexity index is 1190. The number of amides is 3. The Morgan fingerprint density at radius 3 is 2.57 bits per heavy atom. The van der Waals surface area contributed by atoms with Crippen molar-refractivity contribution in [3.05, 3.63) is 64.8 Å². The Morgan fingerprint density at radius 1 is 1.06 bits per heavy atom. The first-order chi connectivity index (χ1) is 16.7. The molecular weight excluding hydrogens is 468 g/mol. The van der Waals surface area contributed by atoms with E-state index in [9.17, 15) is 14.4 Å². The van der Waals surface area contributed by atoms with E-state index in [4.69, 9.17) is 16.3 Å². The zero-order valence-electron chi connectivity index (χ0n) is 20.1. The number of hydrogen-bond acceptors (Lipinski definition) is 4. The number of hydrazine groups is 1. The number of para-hydroxylation sites is 1. The van der Waals surface area contributed by atoms with Gasteiger partial charge in [-0.15, -0.1) is 0 Å². The van der Waals surface area contributed by atoms with Crippen LogP contribution in [-0.2, 0) is 20.8 Å². The zero-order chi connectivity index (χ0) is 25.4. The van der Waals surface area contributed by atoms with Gasteiger partial charge < -0.3 is 15.0 Å². The average molecular weight is 499 g/mol. The van der Waals surface area contributed by atoms with Crippen LogP contribution in [0.15, 0.2) is 48.7 Å². The minimum Gasteiger partial charge on any atom is -0.493 e. The molecular formula is C26H31ClN4O4. The second-order valence-corrected chi connectivity index (χ2v) is 9.12. The number of nitrogens with one attached hydrogen (secondary N) is 4. The average Bonchev–Trinajstić information content (AvgIpc) is 3.23. The molecule has 0 aliphatic rings. The Morgan fingerprint density at radius 2 is 1.83 bits per heavy atom. The number of hydrogen-bond donors (Lipinski definition) is 4. The van der Waals surface area contributed by atoms with E-state index in [0.717, 1.165) is 22.0 Å². The molecule has 1 unspecified atom stereocenters. The standard InChI is InChI=1S/C26H31ClN4O4/c1-16(2)25(33)29-22(14-18-15-28-21-8-5-4-7-20(18)21)26(34)31-30-24(32)9-6-12-35-23-11-10-19(27)13-17(23)3/h4-5,7-8,10-11,13,15-16,22,28H,6,9,12,14H2,1-3H3,(H,29,33)(H,30,32)(H,31,34). The van der Waals surface area contributed by atoms with Crippen LogP contribution in [-0.4, -0.2) is 35.4 Å². The highest BCUT2D eigenvalue weighted by Gasteiger charge is 2.24. The lowest BCUT2D eigenvalue weighted by molar-refractivity contribution is -0.133. The van der Waals surface area contributed by atoms with Gasteiger partial charge in [0, 0.05) is 40.9 Å². The number of ether oxygens (including phenoxy) is 1. The topological polar surface area (TPSA) is 112 Å². The summed E-state index contributed by atoms with van der Waals surface area (Å²) in [6.07, 6.45) is 2.73. The van der Waals surface area contributed by atoms with E-state index in [-0.39, 0.29) is 30.6 Å². The second-order valence-electron chi connectivity index (χ2n) is 8.68. The van der Waals surface area contributed by atoms with E-state index >= 15 is 0 Å². The SMILES string of the molecule is Cc1cc(Cl)ccc1OCCCC(=O)NNC(=O)C(Cc1c[nH]c2ccccc12)NC(=O)C(C)C. The Labute approximate surface area is 209 Å². The van der Waals surface area contributed by atoms with E-state index in [0.29, 0.717) is 23.8 Å². The van der Waals surface area contributed by atoms with E-state index in [2.05, 4.69) is 21.2 Å². The summed E-state index contributed by atoms with van der Waals surface area (Å²) >= 11 is 5.94. The van der Waals surface area contributed by atoms with Crippen LogP contribution in [0.4, 0.5) is 0 Å². The number of carbonyl (C=O) groups is 3. The van der Waals surface area contributed by atoms with Crippen molar-refractivity contribution in [3.63, 3.8) is 0 Å². The number of benzene rings is 2. The van der Waals surface area contributed by atoms with E-state index in [1.165, 1.54) is 0 Å². The predicted molar refractivity (Wildman–Crippen MR) is 136 cm³/mol. The first-order valence-electron chi connectivity index (χ1n) is 11.6. The largest absolute Gasteiger partial charge is 0.493 e. The van der Waals surface area contributed by atoms with E-state index < -0.39 is 11.9 Å². The molecule has 1 atom stereocenters. The lowest BCUT2D eigenvalue weighted by atomic mass is 10.0. The molecule has 0 saturated heterocycles. The first kappa shape index (κ1) is 26.1. The van der Waals surface area contributed by atoms with Gasteiger partial charge in [-0.1, -0.05) is 43.6 Å². The fourth-order valence-corrected chi connectivity index (χ4v) is 3.77. The van der Waals surface area contributed by atoms with Crippen LogP contribution >= 0.6 is 11.6 Å².